The zero-order valence-corrected chi connectivity index (χ0v) is 17.7. The number of hydrogen-bond donors (Lipinski definition) is 2. The molecule has 2 aromatic rings. The summed E-state index contributed by atoms with van der Waals surface area (Å²) in [6.45, 7) is 1.67. The van der Waals surface area contributed by atoms with Gasteiger partial charge in [0.15, 0.2) is 9.84 Å². The molecule has 9 heteroatoms. The molecule has 1 aromatic heterocycles. The molecule has 1 saturated carbocycles. The first kappa shape index (κ1) is 21.3. The molecule has 1 aliphatic carbocycles. The van der Waals surface area contributed by atoms with Crippen LogP contribution in [0, 0.1) is 5.92 Å². The Morgan fingerprint density at radius 2 is 1.97 bits per heavy atom. The van der Waals surface area contributed by atoms with E-state index in [9.17, 15) is 13.2 Å². The van der Waals surface area contributed by atoms with Crippen LogP contribution in [0.1, 0.15) is 41.9 Å². The highest BCUT2D eigenvalue weighted by molar-refractivity contribution is 7.93. The third-order valence-electron chi connectivity index (χ3n) is 4.49. The second kappa shape index (κ2) is 8.92. The Morgan fingerprint density at radius 1 is 1.24 bits per heavy atom. The van der Waals surface area contributed by atoms with Gasteiger partial charge in [-0.25, -0.2) is 18.4 Å². The van der Waals surface area contributed by atoms with Crippen LogP contribution in [0.2, 0.25) is 5.02 Å². The minimum absolute atomic E-state index is 0.0406. The highest BCUT2D eigenvalue weighted by Crippen LogP contribution is 2.44. The molecule has 3 rings (SSSR count). The number of carbonyl (C=O) groups excluding carboxylic acids is 1. The van der Waals surface area contributed by atoms with Gasteiger partial charge in [0.1, 0.15) is 11.5 Å². The van der Waals surface area contributed by atoms with Gasteiger partial charge in [0.25, 0.3) is 5.91 Å². The van der Waals surface area contributed by atoms with Crippen LogP contribution in [0.15, 0.2) is 48.1 Å². The van der Waals surface area contributed by atoms with Crippen molar-refractivity contribution in [3.63, 3.8) is 0 Å². The van der Waals surface area contributed by atoms with Gasteiger partial charge in [-0.1, -0.05) is 35.9 Å². The molecule has 1 aromatic carbocycles. The Balaban J connectivity index is 1.66. The molecule has 0 spiro atoms. The average molecular weight is 435 g/mol. The van der Waals surface area contributed by atoms with E-state index in [0.29, 0.717) is 16.8 Å². The fraction of sp³-hybridized carbons (Fsp3) is 0.350. The summed E-state index contributed by atoms with van der Waals surface area (Å²) in [4.78, 5) is 20.7. The number of amides is 1. The fourth-order valence-corrected chi connectivity index (χ4v) is 3.65. The standard InChI is InChI=1S/C20H23ClN4O3S/c1-13(9-10-29(2,27)28)24-20(26)17-11-23-18(12-22-17)25-19(14-7-8-14)15-5-3-4-6-16(15)21/h3-6,9-14,19H,7-8H2,1-2H3,(H,23,25)(H,24,26)/b10-9+/t13-,19+/m1/s1. The quantitative estimate of drug-likeness (QED) is 0.660. The van der Waals surface area contributed by atoms with Crippen LogP contribution in [0.3, 0.4) is 0 Å². The van der Waals surface area contributed by atoms with Gasteiger partial charge in [-0.2, -0.15) is 0 Å². The van der Waals surface area contributed by atoms with Crippen LogP contribution >= 0.6 is 11.6 Å². The van der Waals surface area contributed by atoms with E-state index < -0.39 is 21.8 Å². The van der Waals surface area contributed by atoms with Crippen molar-refractivity contribution in [1.82, 2.24) is 15.3 Å². The second-order valence-electron chi connectivity index (χ2n) is 7.19. The van der Waals surface area contributed by atoms with E-state index in [1.54, 1.807) is 6.92 Å². The number of anilines is 1. The summed E-state index contributed by atoms with van der Waals surface area (Å²) < 4.78 is 22.3. The first-order valence-electron chi connectivity index (χ1n) is 9.25. The smallest absolute Gasteiger partial charge is 0.271 e. The number of aromatic nitrogens is 2. The van der Waals surface area contributed by atoms with Crippen molar-refractivity contribution in [2.45, 2.75) is 31.8 Å². The van der Waals surface area contributed by atoms with Crippen LogP contribution in [-0.2, 0) is 9.84 Å². The number of benzene rings is 1. The minimum atomic E-state index is -3.24. The van der Waals surface area contributed by atoms with E-state index >= 15 is 0 Å². The third-order valence-corrected chi connectivity index (χ3v) is 5.49. The molecule has 154 valence electrons. The summed E-state index contributed by atoms with van der Waals surface area (Å²) >= 11 is 6.35. The zero-order chi connectivity index (χ0) is 21.0. The van der Waals surface area contributed by atoms with Crippen molar-refractivity contribution in [3.8, 4) is 0 Å². The Morgan fingerprint density at radius 3 is 2.55 bits per heavy atom. The number of carbonyl (C=O) groups is 1. The summed E-state index contributed by atoms with van der Waals surface area (Å²) in [5.41, 5.74) is 1.17. The average Bonchev–Trinajstić information content (AvgIpc) is 3.50. The van der Waals surface area contributed by atoms with Gasteiger partial charge in [-0.05, 0) is 37.3 Å². The first-order valence-corrected chi connectivity index (χ1v) is 11.6. The molecule has 0 aliphatic heterocycles. The van der Waals surface area contributed by atoms with Crippen molar-refractivity contribution in [3.05, 3.63) is 64.4 Å². The molecule has 2 atom stereocenters. The van der Waals surface area contributed by atoms with Crippen LogP contribution in [0.4, 0.5) is 5.82 Å². The minimum Gasteiger partial charge on any atom is -0.362 e. The van der Waals surface area contributed by atoms with Crippen LogP contribution in [-0.4, -0.2) is 36.6 Å². The SMILES string of the molecule is C[C@H](/C=C/S(C)(=O)=O)NC(=O)c1cnc(N[C@H](c2ccccc2Cl)C2CC2)cn1. The lowest BCUT2D eigenvalue weighted by atomic mass is 10.0. The number of rotatable bonds is 8. The molecule has 0 bridgehead atoms. The monoisotopic (exact) mass is 434 g/mol. The number of nitrogens with one attached hydrogen (secondary N) is 2. The van der Waals surface area contributed by atoms with Crippen LogP contribution < -0.4 is 10.6 Å². The molecule has 0 radical (unpaired) electrons. The number of halogens is 1. The highest BCUT2D eigenvalue weighted by Gasteiger charge is 2.33. The molecule has 1 aliphatic rings. The molecule has 0 saturated heterocycles. The first-order chi connectivity index (χ1) is 13.7. The molecular weight excluding hydrogens is 412 g/mol. The molecular formula is C20H23ClN4O3S. The Kier molecular flexibility index (Phi) is 6.54. The van der Waals surface area contributed by atoms with Crippen molar-refractivity contribution in [1.29, 1.82) is 0 Å². The zero-order valence-electron chi connectivity index (χ0n) is 16.2. The molecule has 1 heterocycles. The van der Waals surface area contributed by atoms with Gasteiger partial charge < -0.3 is 10.6 Å². The van der Waals surface area contributed by atoms with Gasteiger partial charge in [0.05, 0.1) is 18.4 Å². The lowest BCUT2D eigenvalue weighted by Gasteiger charge is -2.20. The molecule has 1 fully saturated rings. The summed E-state index contributed by atoms with van der Waals surface area (Å²) in [7, 11) is -3.24. The van der Waals surface area contributed by atoms with Crippen molar-refractivity contribution in [2.75, 3.05) is 11.6 Å². The van der Waals surface area contributed by atoms with E-state index in [-0.39, 0.29) is 11.7 Å². The van der Waals surface area contributed by atoms with Gasteiger partial charge in [-0.15, -0.1) is 0 Å². The van der Waals surface area contributed by atoms with Gasteiger partial charge in [0.2, 0.25) is 0 Å². The lowest BCUT2D eigenvalue weighted by Crippen LogP contribution is -2.32. The Hall–Kier alpha value is -2.45. The molecule has 1 amide bonds. The van der Waals surface area contributed by atoms with Gasteiger partial charge in [0, 0.05) is 22.7 Å². The number of sulfone groups is 1. The number of hydrogen-bond acceptors (Lipinski definition) is 6. The fourth-order valence-electron chi connectivity index (χ4n) is 2.87. The van der Waals surface area contributed by atoms with Crippen molar-refractivity contribution >= 4 is 33.2 Å². The van der Waals surface area contributed by atoms with E-state index in [0.717, 1.165) is 30.1 Å². The van der Waals surface area contributed by atoms with Crippen molar-refractivity contribution < 1.29 is 13.2 Å². The van der Waals surface area contributed by atoms with Crippen LogP contribution in [0.5, 0.6) is 0 Å². The van der Waals surface area contributed by atoms with Crippen molar-refractivity contribution in [2.24, 2.45) is 5.92 Å². The number of nitrogens with zero attached hydrogens (tertiary/aromatic N) is 2. The summed E-state index contributed by atoms with van der Waals surface area (Å²) in [5, 5.41) is 7.80. The normalized spacial score (nSPS) is 16.4. The summed E-state index contributed by atoms with van der Waals surface area (Å²) in [6, 6.07) is 7.30. The lowest BCUT2D eigenvalue weighted by molar-refractivity contribution is 0.0941. The molecule has 7 nitrogen and oxygen atoms in total. The van der Waals surface area contributed by atoms with E-state index in [1.165, 1.54) is 18.5 Å². The summed E-state index contributed by atoms with van der Waals surface area (Å²) in [5.74, 6) is 0.616. The van der Waals surface area contributed by atoms with Crippen LogP contribution in [0.25, 0.3) is 0 Å². The Labute approximate surface area is 175 Å². The largest absolute Gasteiger partial charge is 0.362 e. The predicted octanol–water partition coefficient (Wildman–Crippen LogP) is 3.37. The van der Waals surface area contributed by atoms with E-state index in [1.807, 2.05) is 24.3 Å². The predicted molar refractivity (Wildman–Crippen MR) is 113 cm³/mol. The summed E-state index contributed by atoms with van der Waals surface area (Å²) in [6.07, 6.45) is 7.64. The third kappa shape index (κ3) is 6.27. The molecule has 0 unspecified atom stereocenters. The Bertz CT molecular complexity index is 1000. The van der Waals surface area contributed by atoms with E-state index in [4.69, 9.17) is 11.6 Å². The maximum absolute atomic E-state index is 12.3. The maximum Gasteiger partial charge on any atom is 0.271 e. The molecule has 29 heavy (non-hydrogen) atoms. The maximum atomic E-state index is 12.3. The van der Waals surface area contributed by atoms with Gasteiger partial charge >= 0.3 is 0 Å². The highest BCUT2D eigenvalue weighted by atomic mass is 35.5. The van der Waals surface area contributed by atoms with Gasteiger partial charge in [-0.3, -0.25) is 4.79 Å². The molecule has 2 N–H and O–H groups in total. The van der Waals surface area contributed by atoms with E-state index in [2.05, 4.69) is 20.6 Å². The second-order valence-corrected chi connectivity index (χ2v) is 9.53. The topological polar surface area (TPSA) is 101 Å².